The first-order valence-corrected chi connectivity index (χ1v) is 9.05. The van der Waals surface area contributed by atoms with Crippen LogP contribution < -0.4 is 10.1 Å². The Bertz CT molecular complexity index is 590. The monoisotopic (exact) mass is 329 g/mol. The molecule has 24 heavy (non-hydrogen) atoms. The molecule has 0 unspecified atom stereocenters. The number of rotatable bonds is 10. The Morgan fingerprint density at radius 2 is 1.67 bits per heavy atom. The smallest absolute Gasteiger partial charge is 0.201 e. The Morgan fingerprint density at radius 1 is 0.917 bits per heavy atom. The van der Waals surface area contributed by atoms with Crippen LogP contribution in [0.5, 0.6) is 5.75 Å². The summed E-state index contributed by atoms with van der Waals surface area (Å²) in [6.45, 7) is 10.3. The maximum Gasteiger partial charge on any atom is 0.201 e. The summed E-state index contributed by atoms with van der Waals surface area (Å²) in [6.07, 6.45) is 1.66. The van der Waals surface area contributed by atoms with Crippen molar-refractivity contribution in [3.05, 3.63) is 42.5 Å². The molecule has 0 saturated carbocycles. The lowest BCUT2D eigenvalue weighted by atomic mass is 10.1. The lowest BCUT2D eigenvalue weighted by Gasteiger charge is -2.22. The summed E-state index contributed by atoms with van der Waals surface area (Å²) in [6, 6.07) is 14.9. The van der Waals surface area contributed by atoms with Gasteiger partial charge in [0, 0.05) is 24.4 Å². The highest BCUT2D eigenvalue weighted by Gasteiger charge is 2.13. The van der Waals surface area contributed by atoms with E-state index in [0.29, 0.717) is 12.0 Å². The fourth-order valence-electron chi connectivity index (χ4n) is 2.54. The molecule has 0 heterocycles. The molecule has 0 bridgehead atoms. The third kappa shape index (κ3) is 6.14. The molecule has 0 spiro atoms. The molecule has 1 atom stereocenters. The van der Waals surface area contributed by atoms with Crippen LogP contribution in [-0.2, 0) is 4.74 Å². The normalized spacial score (nSPS) is 12.9. The quantitative estimate of drug-likeness (QED) is 0.623. The summed E-state index contributed by atoms with van der Waals surface area (Å²) in [4.78, 5) is 0. The van der Waals surface area contributed by atoms with E-state index < -0.39 is 0 Å². The van der Waals surface area contributed by atoms with Gasteiger partial charge in [-0.2, -0.15) is 0 Å². The fraction of sp³-hybridized carbons (Fsp3) is 0.524. The Hall–Kier alpha value is -1.58. The first kappa shape index (κ1) is 18.8. The summed E-state index contributed by atoms with van der Waals surface area (Å²) in [5, 5.41) is 5.76. The molecule has 0 aliphatic carbocycles. The van der Waals surface area contributed by atoms with Crippen LogP contribution in [0.1, 0.15) is 40.5 Å². The van der Waals surface area contributed by atoms with Crippen LogP contribution in [0.4, 0.5) is 0 Å². The van der Waals surface area contributed by atoms with Crippen LogP contribution in [0, 0.1) is 5.92 Å². The van der Waals surface area contributed by atoms with E-state index in [2.05, 4.69) is 57.3 Å². The van der Waals surface area contributed by atoms with E-state index in [0.717, 1.165) is 37.1 Å². The van der Waals surface area contributed by atoms with Crippen molar-refractivity contribution in [2.24, 2.45) is 5.92 Å². The van der Waals surface area contributed by atoms with Gasteiger partial charge in [-0.1, -0.05) is 64.1 Å². The highest BCUT2D eigenvalue weighted by atomic mass is 16.7. The minimum absolute atomic E-state index is 0.221. The number of hydrogen-bond acceptors (Lipinski definition) is 3. The fourth-order valence-corrected chi connectivity index (χ4v) is 2.54. The SMILES string of the molecule is CC(C)CCO[C@@H](CCNC(C)C)Oc1cccc2ccccc12. The van der Waals surface area contributed by atoms with Gasteiger partial charge < -0.3 is 14.8 Å². The number of fused-ring (bicyclic) bond motifs is 1. The Kier molecular flexibility index (Phi) is 7.54. The van der Waals surface area contributed by atoms with Gasteiger partial charge in [0.15, 0.2) is 0 Å². The van der Waals surface area contributed by atoms with Crippen molar-refractivity contribution in [2.45, 2.75) is 52.9 Å². The molecule has 0 aliphatic rings. The summed E-state index contributed by atoms with van der Waals surface area (Å²) in [5.41, 5.74) is 0. The standard InChI is InChI=1S/C21H31NO2/c1-16(2)13-15-23-21(12-14-22-17(3)4)24-20-11-7-9-18-8-5-6-10-19(18)20/h5-11,16-17,21-22H,12-15H2,1-4H3/t21-/m1/s1. The lowest BCUT2D eigenvalue weighted by molar-refractivity contribution is -0.0858. The van der Waals surface area contributed by atoms with Crippen LogP contribution in [0.15, 0.2) is 42.5 Å². The van der Waals surface area contributed by atoms with Gasteiger partial charge in [-0.05, 0) is 23.8 Å². The van der Waals surface area contributed by atoms with Crippen LogP contribution in [-0.4, -0.2) is 25.5 Å². The predicted octanol–water partition coefficient (Wildman–Crippen LogP) is 5.00. The second-order valence-corrected chi connectivity index (χ2v) is 6.98. The molecule has 2 aromatic carbocycles. The van der Waals surface area contributed by atoms with Crippen molar-refractivity contribution in [3.8, 4) is 5.75 Å². The molecule has 3 nitrogen and oxygen atoms in total. The van der Waals surface area contributed by atoms with E-state index in [1.807, 2.05) is 18.2 Å². The maximum absolute atomic E-state index is 6.23. The number of benzene rings is 2. The van der Waals surface area contributed by atoms with Gasteiger partial charge in [-0.3, -0.25) is 0 Å². The van der Waals surface area contributed by atoms with E-state index in [9.17, 15) is 0 Å². The largest absolute Gasteiger partial charge is 0.464 e. The van der Waals surface area contributed by atoms with E-state index in [4.69, 9.17) is 9.47 Å². The number of nitrogens with one attached hydrogen (secondary N) is 1. The molecular weight excluding hydrogens is 298 g/mol. The average Bonchev–Trinajstić information content (AvgIpc) is 2.54. The molecular formula is C21H31NO2. The summed E-state index contributed by atoms with van der Waals surface area (Å²) in [7, 11) is 0. The third-order valence-electron chi connectivity index (χ3n) is 3.94. The molecule has 0 fully saturated rings. The lowest BCUT2D eigenvalue weighted by Crippen LogP contribution is -2.30. The predicted molar refractivity (Wildman–Crippen MR) is 102 cm³/mol. The van der Waals surface area contributed by atoms with Gasteiger partial charge >= 0.3 is 0 Å². The first-order chi connectivity index (χ1) is 11.6. The zero-order valence-electron chi connectivity index (χ0n) is 15.4. The molecule has 0 aliphatic heterocycles. The van der Waals surface area contributed by atoms with Gasteiger partial charge in [0.2, 0.25) is 6.29 Å². The maximum atomic E-state index is 6.23. The topological polar surface area (TPSA) is 30.5 Å². The van der Waals surface area contributed by atoms with Crippen molar-refractivity contribution < 1.29 is 9.47 Å². The van der Waals surface area contributed by atoms with Crippen LogP contribution in [0.2, 0.25) is 0 Å². The second-order valence-electron chi connectivity index (χ2n) is 6.98. The van der Waals surface area contributed by atoms with Gasteiger partial charge in [0.25, 0.3) is 0 Å². The highest BCUT2D eigenvalue weighted by molar-refractivity contribution is 5.88. The van der Waals surface area contributed by atoms with Gasteiger partial charge in [-0.25, -0.2) is 0 Å². The van der Waals surface area contributed by atoms with Crippen molar-refractivity contribution in [1.29, 1.82) is 0 Å². The minimum Gasteiger partial charge on any atom is -0.464 e. The number of ether oxygens (including phenoxy) is 2. The van der Waals surface area contributed by atoms with Gasteiger partial charge in [0.05, 0.1) is 6.61 Å². The summed E-state index contributed by atoms with van der Waals surface area (Å²) in [5.74, 6) is 1.53. The third-order valence-corrected chi connectivity index (χ3v) is 3.94. The van der Waals surface area contributed by atoms with Crippen LogP contribution in [0.3, 0.4) is 0 Å². The molecule has 0 amide bonds. The first-order valence-electron chi connectivity index (χ1n) is 9.05. The van der Waals surface area contributed by atoms with Crippen molar-refractivity contribution in [3.63, 3.8) is 0 Å². The van der Waals surface area contributed by atoms with E-state index >= 15 is 0 Å². The van der Waals surface area contributed by atoms with E-state index in [-0.39, 0.29) is 6.29 Å². The molecule has 0 saturated heterocycles. The second kappa shape index (κ2) is 9.65. The molecule has 0 radical (unpaired) electrons. The zero-order chi connectivity index (χ0) is 17.4. The Labute approximate surface area is 146 Å². The zero-order valence-corrected chi connectivity index (χ0v) is 15.4. The van der Waals surface area contributed by atoms with Crippen LogP contribution >= 0.6 is 0 Å². The highest BCUT2D eigenvalue weighted by Crippen LogP contribution is 2.26. The van der Waals surface area contributed by atoms with Crippen molar-refractivity contribution in [2.75, 3.05) is 13.2 Å². The molecule has 3 heteroatoms. The molecule has 1 N–H and O–H groups in total. The summed E-state index contributed by atoms with van der Waals surface area (Å²) >= 11 is 0. The van der Waals surface area contributed by atoms with E-state index in [1.54, 1.807) is 0 Å². The Balaban J connectivity index is 2.04. The van der Waals surface area contributed by atoms with Crippen LogP contribution in [0.25, 0.3) is 10.8 Å². The van der Waals surface area contributed by atoms with Gasteiger partial charge in [0.1, 0.15) is 5.75 Å². The Morgan fingerprint density at radius 3 is 2.42 bits per heavy atom. The van der Waals surface area contributed by atoms with E-state index in [1.165, 1.54) is 5.39 Å². The molecule has 0 aromatic heterocycles. The number of hydrogen-bond donors (Lipinski definition) is 1. The average molecular weight is 329 g/mol. The molecule has 132 valence electrons. The molecule has 2 rings (SSSR count). The molecule has 2 aromatic rings. The minimum atomic E-state index is -0.221. The summed E-state index contributed by atoms with van der Waals surface area (Å²) < 4.78 is 12.3. The van der Waals surface area contributed by atoms with Crippen molar-refractivity contribution >= 4 is 10.8 Å². The van der Waals surface area contributed by atoms with Gasteiger partial charge in [-0.15, -0.1) is 0 Å². The van der Waals surface area contributed by atoms with Crippen molar-refractivity contribution in [1.82, 2.24) is 5.32 Å².